The molecular weight excluding hydrogens is 312 g/mol. The van der Waals surface area contributed by atoms with Crippen LogP contribution >= 0.6 is 27.7 Å². The fourth-order valence-corrected chi connectivity index (χ4v) is 3.02. The lowest BCUT2D eigenvalue weighted by Crippen LogP contribution is -1.87. The van der Waals surface area contributed by atoms with E-state index in [0.29, 0.717) is 5.75 Å². The Morgan fingerprint density at radius 3 is 2.67 bits per heavy atom. The second-order valence-electron chi connectivity index (χ2n) is 3.73. The normalized spacial score (nSPS) is 10.3. The van der Waals surface area contributed by atoms with Crippen molar-refractivity contribution in [3.8, 4) is 11.5 Å². The molecule has 94 valence electrons. The molecule has 0 unspecified atom stereocenters. The number of hydrogen-bond acceptors (Lipinski definition) is 3. The lowest BCUT2D eigenvalue weighted by Gasteiger charge is -2.07. The largest absolute Gasteiger partial charge is 0.507 e. The summed E-state index contributed by atoms with van der Waals surface area (Å²) in [7, 11) is 1.65. The highest BCUT2D eigenvalue weighted by Crippen LogP contribution is 2.32. The standard InChI is InChI=1S/C14H13BrO2S/c1-17-13-7-6-10(8-11(13)15)9-18-14-5-3-2-4-12(14)16/h2-8,16H,9H2,1H3. The molecule has 0 fully saturated rings. The van der Waals surface area contributed by atoms with E-state index < -0.39 is 0 Å². The first kappa shape index (κ1) is 13.3. The molecule has 0 aliphatic rings. The molecule has 2 nitrogen and oxygen atoms in total. The molecule has 18 heavy (non-hydrogen) atoms. The third-order valence-electron chi connectivity index (χ3n) is 2.48. The van der Waals surface area contributed by atoms with Gasteiger partial charge in [-0.2, -0.15) is 0 Å². The van der Waals surface area contributed by atoms with Crippen LogP contribution in [0.3, 0.4) is 0 Å². The van der Waals surface area contributed by atoms with Crippen LogP contribution in [0.1, 0.15) is 5.56 Å². The van der Waals surface area contributed by atoms with Crippen molar-refractivity contribution >= 4 is 27.7 Å². The summed E-state index contributed by atoms with van der Waals surface area (Å²) in [4.78, 5) is 0.893. The number of phenols is 1. The average Bonchev–Trinajstić information content (AvgIpc) is 2.38. The number of halogens is 1. The van der Waals surface area contributed by atoms with Crippen molar-refractivity contribution in [2.45, 2.75) is 10.6 Å². The molecule has 4 heteroatoms. The van der Waals surface area contributed by atoms with Crippen LogP contribution in [0.15, 0.2) is 51.8 Å². The topological polar surface area (TPSA) is 29.5 Å². The number of rotatable bonds is 4. The Labute approximate surface area is 119 Å². The highest BCUT2D eigenvalue weighted by atomic mass is 79.9. The zero-order chi connectivity index (χ0) is 13.0. The van der Waals surface area contributed by atoms with Gasteiger partial charge in [-0.15, -0.1) is 11.8 Å². The minimum Gasteiger partial charge on any atom is -0.507 e. The number of methoxy groups -OCH3 is 1. The predicted octanol–water partition coefficient (Wildman–Crippen LogP) is 4.46. The van der Waals surface area contributed by atoms with Crippen molar-refractivity contribution in [3.05, 3.63) is 52.5 Å². The summed E-state index contributed by atoms with van der Waals surface area (Å²) in [6.45, 7) is 0. The molecule has 2 aromatic carbocycles. The van der Waals surface area contributed by atoms with Gasteiger partial charge in [0.1, 0.15) is 11.5 Å². The van der Waals surface area contributed by atoms with E-state index in [2.05, 4.69) is 15.9 Å². The summed E-state index contributed by atoms with van der Waals surface area (Å²) in [5.41, 5.74) is 1.18. The number of aromatic hydroxyl groups is 1. The van der Waals surface area contributed by atoms with Crippen LogP contribution in [0.4, 0.5) is 0 Å². The first-order chi connectivity index (χ1) is 8.70. The molecule has 0 aromatic heterocycles. The van der Waals surface area contributed by atoms with Gasteiger partial charge in [-0.05, 0) is 45.8 Å². The molecule has 0 amide bonds. The Bertz CT molecular complexity index is 543. The lowest BCUT2D eigenvalue weighted by molar-refractivity contribution is 0.412. The van der Waals surface area contributed by atoms with Crippen LogP contribution in [0.25, 0.3) is 0 Å². The quantitative estimate of drug-likeness (QED) is 0.842. The molecule has 0 bridgehead atoms. The maximum atomic E-state index is 9.68. The fraction of sp³-hybridized carbons (Fsp3) is 0.143. The Hall–Kier alpha value is -1.13. The number of para-hydroxylation sites is 1. The van der Waals surface area contributed by atoms with Crippen molar-refractivity contribution in [2.75, 3.05) is 7.11 Å². The smallest absolute Gasteiger partial charge is 0.133 e. The van der Waals surface area contributed by atoms with Crippen LogP contribution in [0, 0.1) is 0 Å². The highest BCUT2D eigenvalue weighted by Gasteiger charge is 2.04. The summed E-state index contributed by atoms with van der Waals surface area (Å²) in [6, 6.07) is 13.4. The van der Waals surface area contributed by atoms with Gasteiger partial charge in [-0.25, -0.2) is 0 Å². The van der Waals surface area contributed by atoms with Gasteiger partial charge in [0, 0.05) is 10.6 Å². The summed E-state index contributed by atoms with van der Waals surface area (Å²) in [5, 5.41) is 9.68. The fourth-order valence-electron chi connectivity index (χ4n) is 1.54. The van der Waals surface area contributed by atoms with Crippen molar-refractivity contribution in [3.63, 3.8) is 0 Å². The van der Waals surface area contributed by atoms with Gasteiger partial charge in [0.25, 0.3) is 0 Å². The Kier molecular flexibility index (Phi) is 4.55. The molecule has 0 atom stereocenters. The van der Waals surface area contributed by atoms with E-state index in [-0.39, 0.29) is 0 Å². The second kappa shape index (κ2) is 6.16. The van der Waals surface area contributed by atoms with E-state index in [9.17, 15) is 5.11 Å². The van der Waals surface area contributed by atoms with Gasteiger partial charge in [-0.1, -0.05) is 18.2 Å². The van der Waals surface area contributed by atoms with Gasteiger partial charge >= 0.3 is 0 Å². The number of phenolic OH excluding ortho intramolecular Hbond substituents is 1. The Morgan fingerprint density at radius 1 is 1.22 bits per heavy atom. The number of benzene rings is 2. The second-order valence-corrected chi connectivity index (χ2v) is 5.60. The van der Waals surface area contributed by atoms with Crippen molar-refractivity contribution in [2.24, 2.45) is 0 Å². The van der Waals surface area contributed by atoms with Crippen LogP contribution in [0.5, 0.6) is 11.5 Å². The number of hydrogen-bond donors (Lipinski definition) is 1. The van der Waals surface area contributed by atoms with Gasteiger partial charge < -0.3 is 9.84 Å². The highest BCUT2D eigenvalue weighted by molar-refractivity contribution is 9.10. The van der Waals surface area contributed by atoms with E-state index in [1.807, 2.05) is 36.4 Å². The van der Waals surface area contributed by atoms with Gasteiger partial charge in [0.2, 0.25) is 0 Å². The van der Waals surface area contributed by atoms with Crippen molar-refractivity contribution in [1.29, 1.82) is 0 Å². The molecule has 2 rings (SSSR count). The molecule has 0 spiro atoms. The molecule has 1 N–H and O–H groups in total. The SMILES string of the molecule is COc1ccc(CSc2ccccc2O)cc1Br. The molecule has 2 aromatic rings. The van der Waals surface area contributed by atoms with Crippen molar-refractivity contribution in [1.82, 2.24) is 0 Å². The maximum absolute atomic E-state index is 9.68. The third-order valence-corrected chi connectivity index (χ3v) is 4.23. The summed E-state index contributed by atoms with van der Waals surface area (Å²) in [6.07, 6.45) is 0. The molecule has 0 saturated carbocycles. The zero-order valence-corrected chi connectivity index (χ0v) is 12.3. The van der Waals surface area contributed by atoms with Crippen LogP contribution in [0.2, 0.25) is 0 Å². The van der Waals surface area contributed by atoms with Crippen LogP contribution in [-0.4, -0.2) is 12.2 Å². The third kappa shape index (κ3) is 3.21. The Morgan fingerprint density at radius 2 is 2.00 bits per heavy atom. The number of thioether (sulfide) groups is 1. The minimum atomic E-state index is 0.329. The van der Waals surface area contributed by atoms with Crippen LogP contribution < -0.4 is 4.74 Å². The molecule has 0 radical (unpaired) electrons. The molecule has 0 aliphatic carbocycles. The van der Waals surface area contributed by atoms with Crippen molar-refractivity contribution < 1.29 is 9.84 Å². The van der Waals surface area contributed by atoms with Gasteiger partial charge in [0.15, 0.2) is 0 Å². The summed E-state index contributed by atoms with van der Waals surface area (Å²) in [5.74, 6) is 1.96. The average molecular weight is 325 g/mol. The van der Waals surface area contributed by atoms with Gasteiger partial charge in [-0.3, -0.25) is 0 Å². The first-order valence-corrected chi connectivity index (χ1v) is 7.22. The van der Waals surface area contributed by atoms with E-state index in [4.69, 9.17) is 4.74 Å². The maximum Gasteiger partial charge on any atom is 0.133 e. The van der Waals surface area contributed by atoms with Gasteiger partial charge in [0.05, 0.1) is 11.6 Å². The van der Waals surface area contributed by atoms with E-state index in [1.165, 1.54) is 5.56 Å². The van der Waals surface area contributed by atoms with E-state index in [0.717, 1.165) is 20.9 Å². The molecule has 0 heterocycles. The minimum absolute atomic E-state index is 0.329. The molecule has 0 aliphatic heterocycles. The molecular formula is C14H13BrO2S. The van der Waals surface area contributed by atoms with Crippen LogP contribution in [-0.2, 0) is 5.75 Å². The predicted molar refractivity (Wildman–Crippen MR) is 78.4 cm³/mol. The Balaban J connectivity index is 2.07. The lowest BCUT2D eigenvalue weighted by atomic mass is 10.2. The number of ether oxygens (including phenoxy) is 1. The monoisotopic (exact) mass is 324 g/mol. The zero-order valence-electron chi connectivity index (χ0n) is 9.89. The summed E-state index contributed by atoms with van der Waals surface area (Å²) < 4.78 is 6.13. The summed E-state index contributed by atoms with van der Waals surface area (Å²) >= 11 is 5.08. The molecule has 0 saturated heterocycles. The van der Waals surface area contributed by atoms with E-state index in [1.54, 1.807) is 24.9 Å². The first-order valence-electron chi connectivity index (χ1n) is 5.44. The van der Waals surface area contributed by atoms with E-state index >= 15 is 0 Å².